The van der Waals surface area contributed by atoms with Gasteiger partial charge in [-0.15, -0.1) is 13.2 Å². The van der Waals surface area contributed by atoms with Crippen LogP contribution < -0.4 is 15.0 Å². The maximum atomic E-state index is 14.1. The zero-order valence-electron chi connectivity index (χ0n) is 17.2. The zero-order valence-corrected chi connectivity index (χ0v) is 17.9. The third kappa shape index (κ3) is 5.71. The molecule has 1 aromatic carbocycles. The van der Waals surface area contributed by atoms with Crippen LogP contribution in [0.25, 0.3) is 0 Å². The Morgan fingerprint density at radius 1 is 1.24 bits per heavy atom. The van der Waals surface area contributed by atoms with Crippen LogP contribution in [0.5, 0.6) is 5.75 Å². The highest BCUT2D eigenvalue weighted by molar-refractivity contribution is 6.37. The lowest BCUT2D eigenvalue weighted by Crippen LogP contribution is -2.62. The third-order valence-electron chi connectivity index (χ3n) is 5.01. The molecule has 0 unspecified atom stereocenters. The first-order valence-electron chi connectivity index (χ1n) is 9.64. The van der Waals surface area contributed by atoms with Crippen molar-refractivity contribution in [3.05, 3.63) is 48.5 Å². The molecule has 1 N–H and O–H groups in total. The fourth-order valence-electron chi connectivity index (χ4n) is 3.39. The van der Waals surface area contributed by atoms with Crippen LogP contribution in [0, 0.1) is 0 Å². The molecule has 0 spiro atoms. The second-order valence-electron chi connectivity index (χ2n) is 7.25. The number of alkyl halides is 5. The molecule has 2 aromatic rings. The van der Waals surface area contributed by atoms with Crippen molar-refractivity contribution in [1.82, 2.24) is 15.3 Å². The number of benzene rings is 1. The van der Waals surface area contributed by atoms with Crippen molar-refractivity contribution in [2.24, 2.45) is 0 Å². The Morgan fingerprint density at radius 3 is 2.39 bits per heavy atom. The Hall–Kier alpha value is -2.93. The van der Waals surface area contributed by atoms with E-state index < -0.39 is 35.0 Å². The summed E-state index contributed by atoms with van der Waals surface area (Å²) in [6, 6.07) is 3.64. The molecule has 1 aliphatic rings. The predicted molar refractivity (Wildman–Crippen MR) is 111 cm³/mol. The van der Waals surface area contributed by atoms with E-state index in [0.29, 0.717) is 13.0 Å². The van der Waals surface area contributed by atoms with Gasteiger partial charge in [-0.1, -0.05) is 11.6 Å². The fraction of sp³-hybridized carbons (Fsp3) is 0.368. The van der Waals surface area contributed by atoms with E-state index in [-0.39, 0.29) is 23.9 Å². The zero-order chi connectivity index (χ0) is 24.2. The van der Waals surface area contributed by atoms with Gasteiger partial charge in [0, 0.05) is 30.3 Å². The lowest BCUT2D eigenvalue weighted by Gasteiger charge is -2.41. The quantitative estimate of drug-likeness (QED) is 0.362. The molecule has 33 heavy (non-hydrogen) atoms. The lowest BCUT2D eigenvalue weighted by atomic mass is 9.70. The summed E-state index contributed by atoms with van der Waals surface area (Å²) in [5, 5.41) is 2.75. The first kappa shape index (κ1) is 24.7. The van der Waals surface area contributed by atoms with Gasteiger partial charge in [-0.3, -0.25) is 14.5 Å². The molecule has 1 aromatic heterocycles. The van der Waals surface area contributed by atoms with Crippen molar-refractivity contribution >= 4 is 36.9 Å². The molecule has 0 radical (unpaired) electrons. The number of hydrogen-bond acceptors (Lipinski definition) is 6. The summed E-state index contributed by atoms with van der Waals surface area (Å²) in [5.41, 5.74) is -4.47. The number of hydrogen-bond donors (Lipinski definition) is 1. The second-order valence-corrected chi connectivity index (χ2v) is 7.63. The number of anilines is 1. The predicted octanol–water partition coefficient (Wildman–Crippen LogP) is 1.63. The molecule has 0 saturated carbocycles. The Labute approximate surface area is 191 Å². The van der Waals surface area contributed by atoms with Crippen molar-refractivity contribution in [1.29, 1.82) is 0 Å². The van der Waals surface area contributed by atoms with E-state index in [1.807, 2.05) is 0 Å². The first-order chi connectivity index (χ1) is 15.5. The van der Waals surface area contributed by atoms with Crippen molar-refractivity contribution in [2.75, 3.05) is 18.1 Å². The van der Waals surface area contributed by atoms with E-state index in [1.54, 1.807) is 0 Å². The van der Waals surface area contributed by atoms with Crippen molar-refractivity contribution in [3.63, 3.8) is 0 Å². The van der Waals surface area contributed by atoms with E-state index >= 15 is 0 Å². The summed E-state index contributed by atoms with van der Waals surface area (Å²) in [4.78, 5) is 34.8. The maximum Gasteiger partial charge on any atom is 0.573 e. The Morgan fingerprint density at radius 2 is 1.88 bits per heavy atom. The fourth-order valence-corrected chi connectivity index (χ4v) is 3.48. The number of ether oxygens (including phenoxy) is 2. The van der Waals surface area contributed by atoms with Gasteiger partial charge in [0.2, 0.25) is 5.91 Å². The molecular weight excluding hydrogens is 470 g/mol. The van der Waals surface area contributed by atoms with E-state index in [4.69, 9.17) is 16.3 Å². The van der Waals surface area contributed by atoms with Gasteiger partial charge in [-0.05, 0) is 30.7 Å². The highest BCUT2D eigenvalue weighted by Crippen LogP contribution is 2.34. The molecule has 1 saturated heterocycles. The summed E-state index contributed by atoms with van der Waals surface area (Å²) in [7, 11) is 1.33. The van der Waals surface area contributed by atoms with Gasteiger partial charge in [0.25, 0.3) is 11.5 Å². The van der Waals surface area contributed by atoms with Crippen LogP contribution in [0.4, 0.5) is 23.2 Å². The van der Waals surface area contributed by atoms with Crippen LogP contribution >= 0.6 is 11.6 Å². The number of nitrogens with zero attached hydrogens (tertiary/aromatic N) is 3. The molecule has 3 atom stereocenters. The number of nitrogens with one attached hydrogen (secondary N) is 1. The molecule has 8 nitrogen and oxygen atoms in total. The number of halogens is 5. The lowest BCUT2D eigenvalue weighted by molar-refractivity contribution is -0.274. The first-order valence-corrected chi connectivity index (χ1v) is 10.1. The van der Waals surface area contributed by atoms with Crippen molar-refractivity contribution in [2.45, 2.75) is 29.9 Å². The smallest absolute Gasteiger partial charge is 0.406 e. The summed E-state index contributed by atoms with van der Waals surface area (Å²) < 4.78 is 60.7. The minimum absolute atomic E-state index is 0.109. The molecule has 2 amide bonds. The van der Waals surface area contributed by atoms with Crippen LogP contribution in [0.15, 0.2) is 43.0 Å². The molecule has 176 valence electrons. The van der Waals surface area contributed by atoms with Crippen LogP contribution in [0.1, 0.15) is 12.0 Å². The van der Waals surface area contributed by atoms with Gasteiger partial charge in [-0.25, -0.2) is 14.4 Å². The Balaban J connectivity index is 2.08. The largest absolute Gasteiger partial charge is 0.573 e. The molecule has 3 rings (SSSR count). The number of carbonyl (C=O) groups is 2. The number of rotatable bonds is 7. The van der Waals surface area contributed by atoms with Gasteiger partial charge in [-0.2, -0.15) is 0 Å². The molecule has 0 aliphatic carbocycles. The van der Waals surface area contributed by atoms with Crippen LogP contribution in [-0.2, 0) is 19.8 Å². The van der Waals surface area contributed by atoms with E-state index in [0.717, 1.165) is 29.2 Å². The van der Waals surface area contributed by atoms with Gasteiger partial charge in [0.1, 0.15) is 17.5 Å². The molecule has 1 fully saturated rings. The summed E-state index contributed by atoms with van der Waals surface area (Å²) >= 11 is 5.45. The minimum atomic E-state index is -4.93. The standard InChI is InChI=1S/C19H18BClF4N4O4/c20-18(11-7-26-10-27-8-11,17(31)28-12-5-6-32-9-12)29(16(30)15(21)22)13-1-3-14(4-2-13)33-19(23,24)25/h1-4,7-8,10,12,15H,5-6,9,20H2,(H,28,31)/t12-,15-,18+/m0/s1. The molecule has 0 bridgehead atoms. The minimum Gasteiger partial charge on any atom is -0.406 e. The van der Waals surface area contributed by atoms with E-state index in [1.165, 1.54) is 26.6 Å². The third-order valence-corrected chi connectivity index (χ3v) is 5.20. The van der Waals surface area contributed by atoms with Gasteiger partial charge in [0.15, 0.2) is 7.85 Å². The van der Waals surface area contributed by atoms with Gasteiger partial charge in [0.05, 0.1) is 12.6 Å². The van der Waals surface area contributed by atoms with Crippen molar-refractivity contribution < 1.29 is 36.6 Å². The highest BCUT2D eigenvalue weighted by Gasteiger charge is 2.47. The van der Waals surface area contributed by atoms with Gasteiger partial charge < -0.3 is 14.8 Å². The number of aromatic nitrogens is 2. The Bertz CT molecular complexity index is 978. The SMILES string of the molecule is B[C@](C(=O)N[C@H]1CCOC1)(c1cncnc1)N(C(=O)[C@H](F)Cl)c1ccc(OC(F)(F)F)cc1. The Kier molecular flexibility index (Phi) is 7.43. The monoisotopic (exact) mass is 488 g/mol. The number of carbonyl (C=O) groups excluding carboxylic acids is 2. The maximum absolute atomic E-state index is 14.1. The number of amides is 2. The van der Waals surface area contributed by atoms with Crippen molar-refractivity contribution in [3.8, 4) is 5.75 Å². The van der Waals surface area contributed by atoms with E-state index in [2.05, 4.69) is 20.0 Å². The van der Waals surface area contributed by atoms with Gasteiger partial charge >= 0.3 is 6.36 Å². The average molecular weight is 489 g/mol. The molecule has 1 aliphatic heterocycles. The summed E-state index contributed by atoms with van der Waals surface area (Å²) in [6.45, 7) is 0.666. The van der Waals surface area contributed by atoms with Crippen LogP contribution in [0.3, 0.4) is 0 Å². The summed E-state index contributed by atoms with van der Waals surface area (Å²) in [5.74, 6) is -2.60. The van der Waals surface area contributed by atoms with Crippen LogP contribution in [0.2, 0.25) is 0 Å². The second kappa shape index (κ2) is 9.92. The summed E-state index contributed by atoms with van der Waals surface area (Å²) in [6.07, 6.45) is -0.690. The normalized spacial score (nSPS) is 18.8. The van der Waals surface area contributed by atoms with E-state index in [9.17, 15) is 27.2 Å². The molecule has 14 heteroatoms. The topological polar surface area (TPSA) is 93.6 Å². The highest BCUT2D eigenvalue weighted by atomic mass is 35.5. The molecular formula is C19H18BClF4N4O4. The average Bonchev–Trinajstić information content (AvgIpc) is 3.27. The molecule has 2 heterocycles. The van der Waals surface area contributed by atoms with Crippen LogP contribution in [-0.4, -0.2) is 60.9 Å².